The predicted octanol–water partition coefficient (Wildman–Crippen LogP) is 18.5. The minimum absolute atomic E-state index is 0.229. The van der Waals surface area contributed by atoms with Gasteiger partial charge in [-0.2, -0.15) is 0 Å². The van der Waals surface area contributed by atoms with Crippen LogP contribution in [0.25, 0.3) is 0 Å². The standard InChI is InChI=1S/C80H155NO13/c1-3-5-7-9-11-13-15-17-19-21-23-25-27-29-31-32-33-34-35-36-38-39-41-43-45-47-49-51-53-55-57-59-61-63-69(84)68(67-91-79-77(90)75(88)78(71(66-83)93-79)94-80-76(89)74(87)73(86)70(65-82)92-80)81-72(85)64-62-60-58-56-54-52-50-48-46-44-42-40-37-30-28-26-24-22-20-18-16-14-12-10-8-6-4-2/h61,63,68-71,73-80,82-84,86-90H,3-60,62,64-67H2,1-2H3,(H,81,85)/b63-61+. The van der Waals surface area contributed by atoms with E-state index in [0.717, 1.165) is 44.9 Å². The van der Waals surface area contributed by atoms with Crippen LogP contribution in [0.2, 0.25) is 0 Å². The first-order valence-corrected chi connectivity index (χ1v) is 40.9. The number of hydrogen-bond donors (Lipinski definition) is 9. The van der Waals surface area contributed by atoms with Crippen LogP contribution in [0.3, 0.4) is 0 Å². The lowest BCUT2D eigenvalue weighted by Gasteiger charge is -2.46. The Hall–Kier alpha value is -1.27. The number of ether oxygens (including phenoxy) is 4. The Morgan fingerprint density at radius 3 is 0.979 bits per heavy atom. The van der Waals surface area contributed by atoms with Gasteiger partial charge in [0, 0.05) is 6.42 Å². The first-order valence-electron chi connectivity index (χ1n) is 40.9. The number of allylic oxidation sites excluding steroid dienone is 1. The van der Waals surface area contributed by atoms with Gasteiger partial charge in [0.2, 0.25) is 5.91 Å². The van der Waals surface area contributed by atoms with E-state index in [-0.39, 0.29) is 18.9 Å². The molecule has 0 bridgehead atoms. The Morgan fingerprint density at radius 2 is 0.660 bits per heavy atom. The zero-order valence-corrected chi connectivity index (χ0v) is 61.2. The minimum atomic E-state index is -1.79. The molecule has 0 radical (unpaired) electrons. The molecule has 2 fully saturated rings. The smallest absolute Gasteiger partial charge is 0.220 e. The lowest BCUT2D eigenvalue weighted by atomic mass is 9.97. The molecule has 12 atom stereocenters. The van der Waals surface area contributed by atoms with Crippen LogP contribution in [0, 0.1) is 0 Å². The summed E-state index contributed by atoms with van der Waals surface area (Å²) in [4.78, 5) is 13.4. The van der Waals surface area contributed by atoms with Crippen molar-refractivity contribution in [3.8, 4) is 0 Å². The molecule has 2 aliphatic rings. The van der Waals surface area contributed by atoms with Crippen molar-refractivity contribution >= 4 is 5.91 Å². The fraction of sp³-hybridized carbons (Fsp3) is 0.963. The van der Waals surface area contributed by atoms with Crippen molar-refractivity contribution in [1.82, 2.24) is 5.32 Å². The van der Waals surface area contributed by atoms with Gasteiger partial charge in [-0.1, -0.05) is 386 Å². The average molecular weight is 1340 g/mol. The van der Waals surface area contributed by atoms with Crippen LogP contribution in [-0.2, 0) is 23.7 Å². The lowest BCUT2D eigenvalue weighted by Crippen LogP contribution is -2.65. The van der Waals surface area contributed by atoms with Gasteiger partial charge in [-0.15, -0.1) is 0 Å². The maximum Gasteiger partial charge on any atom is 0.220 e. The average Bonchev–Trinajstić information content (AvgIpc) is 0.794. The van der Waals surface area contributed by atoms with Crippen LogP contribution in [0.5, 0.6) is 0 Å². The Labute approximate surface area is 577 Å². The number of carbonyl (C=O) groups is 1. The molecule has 0 aromatic rings. The zero-order chi connectivity index (χ0) is 68.0. The highest BCUT2D eigenvalue weighted by atomic mass is 16.7. The molecular formula is C80H155NO13. The van der Waals surface area contributed by atoms with E-state index in [1.54, 1.807) is 6.08 Å². The van der Waals surface area contributed by atoms with Crippen LogP contribution in [0.15, 0.2) is 12.2 Å². The summed E-state index contributed by atoms with van der Waals surface area (Å²) in [7, 11) is 0. The van der Waals surface area contributed by atoms with Gasteiger partial charge in [-0.05, 0) is 19.3 Å². The molecule has 14 nitrogen and oxygen atoms in total. The maximum absolute atomic E-state index is 13.4. The molecule has 94 heavy (non-hydrogen) atoms. The Morgan fingerprint density at radius 1 is 0.372 bits per heavy atom. The number of nitrogens with one attached hydrogen (secondary N) is 1. The Balaban J connectivity index is 1.61. The summed E-state index contributed by atoms with van der Waals surface area (Å²) >= 11 is 0. The molecule has 2 aliphatic heterocycles. The summed E-state index contributed by atoms with van der Waals surface area (Å²) in [6, 6.07) is -0.912. The van der Waals surface area contributed by atoms with Crippen LogP contribution < -0.4 is 5.32 Å². The van der Waals surface area contributed by atoms with E-state index in [4.69, 9.17) is 18.9 Å². The van der Waals surface area contributed by atoms with Crippen LogP contribution in [0.1, 0.15) is 399 Å². The SMILES string of the molecule is CCCCCCCCCCCCCCCCCCCCCCCCCCCCCCCCC/C=C/C(O)C(COC1OC(CO)C(OC2OC(CO)C(O)C(O)C2O)C(O)C1O)NC(=O)CCCCCCCCCCCCCCCCCCCCCCCCCCCCC. The molecule has 9 N–H and O–H groups in total. The van der Waals surface area contributed by atoms with Crippen LogP contribution in [-0.4, -0.2) is 140 Å². The van der Waals surface area contributed by atoms with Crippen LogP contribution >= 0.6 is 0 Å². The molecule has 558 valence electrons. The highest BCUT2D eigenvalue weighted by Crippen LogP contribution is 2.30. The normalized spacial score (nSPS) is 22.4. The second kappa shape index (κ2) is 65.1. The molecule has 14 heteroatoms. The largest absolute Gasteiger partial charge is 0.394 e. The van der Waals surface area contributed by atoms with Crippen molar-refractivity contribution in [2.24, 2.45) is 0 Å². The Bertz CT molecular complexity index is 1620. The van der Waals surface area contributed by atoms with E-state index in [1.807, 2.05) is 6.08 Å². The molecule has 0 spiro atoms. The summed E-state index contributed by atoms with van der Waals surface area (Å²) in [5.41, 5.74) is 0. The number of aliphatic hydroxyl groups is 8. The van der Waals surface area contributed by atoms with Gasteiger partial charge in [-0.25, -0.2) is 0 Å². The summed E-state index contributed by atoms with van der Waals surface area (Å²) in [5, 5.41) is 87.7. The number of carbonyl (C=O) groups excluding carboxylic acids is 1. The van der Waals surface area contributed by atoms with Gasteiger partial charge in [0.05, 0.1) is 32.0 Å². The first-order chi connectivity index (χ1) is 46.1. The maximum atomic E-state index is 13.4. The molecule has 0 aromatic carbocycles. The first kappa shape index (κ1) is 88.8. The zero-order valence-electron chi connectivity index (χ0n) is 61.2. The predicted molar refractivity (Wildman–Crippen MR) is 388 cm³/mol. The quantitative estimate of drug-likeness (QED) is 0.0204. The van der Waals surface area contributed by atoms with Gasteiger partial charge in [0.15, 0.2) is 12.6 Å². The third kappa shape index (κ3) is 47.7. The Kier molecular flexibility index (Phi) is 61.5. The number of amides is 1. The molecule has 12 unspecified atom stereocenters. The molecule has 2 heterocycles. The second-order valence-corrected chi connectivity index (χ2v) is 29.3. The van der Waals surface area contributed by atoms with Crippen LogP contribution in [0.4, 0.5) is 0 Å². The fourth-order valence-corrected chi connectivity index (χ4v) is 14.0. The van der Waals surface area contributed by atoms with Gasteiger partial charge in [-0.3, -0.25) is 4.79 Å². The molecule has 2 rings (SSSR count). The van der Waals surface area contributed by atoms with Crippen molar-refractivity contribution in [2.75, 3.05) is 19.8 Å². The molecule has 0 aliphatic carbocycles. The highest BCUT2D eigenvalue weighted by Gasteiger charge is 2.51. The molecular weight excluding hydrogens is 1180 g/mol. The molecule has 2 saturated heterocycles. The molecule has 0 aromatic heterocycles. The second-order valence-electron chi connectivity index (χ2n) is 29.3. The lowest BCUT2D eigenvalue weighted by molar-refractivity contribution is -0.359. The highest BCUT2D eigenvalue weighted by molar-refractivity contribution is 5.76. The van der Waals surface area contributed by atoms with Crippen molar-refractivity contribution in [3.05, 3.63) is 12.2 Å². The van der Waals surface area contributed by atoms with E-state index < -0.39 is 86.8 Å². The van der Waals surface area contributed by atoms with Crippen molar-refractivity contribution in [1.29, 1.82) is 0 Å². The molecule has 1 amide bonds. The van der Waals surface area contributed by atoms with E-state index in [1.165, 1.54) is 334 Å². The van der Waals surface area contributed by atoms with Gasteiger partial charge >= 0.3 is 0 Å². The number of hydrogen-bond acceptors (Lipinski definition) is 13. The number of rotatable bonds is 70. The topological polar surface area (TPSA) is 228 Å². The van der Waals surface area contributed by atoms with E-state index >= 15 is 0 Å². The van der Waals surface area contributed by atoms with E-state index in [9.17, 15) is 45.6 Å². The third-order valence-corrected chi connectivity index (χ3v) is 20.5. The van der Waals surface area contributed by atoms with Crippen molar-refractivity contribution < 1.29 is 64.6 Å². The summed E-state index contributed by atoms with van der Waals surface area (Å²) in [5.74, 6) is -0.229. The summed E-state index contributed by atoms with van der Waals surface area (Å²) < 4.78 is 22.9. The number of aliphatic hydroxyl groups excluding tert-OH is 8. The van der Waals surface area contributed by atoms with Gasteiger partial charge in [0.1, 0.15) is 48.8 Å². The third-order valence-electron chi connectivity index (χ3n) is 20.5. The van der Waals surface area contributed by atoms with Gasteiger partial charge < -0.3 is 65.1 Å². The van der Waals surface area contributed by atoms with Crippen molar-refractivity contribution in [3.63, 3.8) is 0 Å². The van der Waals surface area contributed by atoms with Gasteiger partial charge in [0.25, 0.3) is 0 Å². The summed E-state index contributed by atoms with van der Waals surface area (Å²) in [6.07, 6.45) is 65.9. The monoisotopic (exact) mass is 1340 g/mol. The van der Waals surface area contributed by atoms with Crippen molar-refractivity contribution in [2.45, 2.75) is 473 Å². The summed E-state index contributed by atoms with van der Waals surface area (Å²) in [6.45, 7) is 2.88. The molecule has 0 saturated carbocycles. The fourth-order valence-electron chi connectivity index (χ4n) is 14.0. The van der Waals surface area contributed by atoms with E-state index in [0.29, 0.717) is 0 Å². The number of unbranched alkanes of at least 4 members (excludes halogenated alkanes) is 57. The minimum Gasteiger partial charge on any atom is -0.394 e. The van der Waals surface area contributed by atoms with E-state index in [2.05, 4.69) is 19.2 Å².